The average molecular weight is 389 g/mol. The van der Waals surface area contributed by atoms with Crippen LogP contribution >= 0.6 is 11.3 Å². The monoisotopic (exact) mass is 389 g/mol. The van der Waals surface area contributed by atoms with Crippen molar-refractivity contribution >= 4 is 34.4 Å². The van der Waals surface area contributed by atoms with Crippen LogP contribution in [0.3, 0.4) is 0 Å². The van der Waals surface area contributed by atoms with Crippen LogP contribution in [0.25, 0.3) is 21.7 Å². The number of H-pyrrole nitrogens is 1. The number of halogens is 1. The standard InChI is InChI=1S/C18H16FN3O4S/c1-8-10-3-4-22(18(24)25)7-13(10)27-15(8)16-20-12-6-9(19)5-11(14(12)21-16)17(23)26-2/h5-6H,3-4,7H2,1-2H3,(H,20,21)(H,24,25). The molecule has 1 amide bonds. The fraction of sp³-hybridized carbons (Fsp3) is 0.278. The third-order valence-electron chi connectivity index (χ3n) is 4.76. The Bertz CT molecular complexity index is 1090. The maximum atomic E-state index is 13.9. The number of rotatable bonds is 2. The minimum absolute atomic E-state index is 0.0611. The van der Waals surface area contributed by atoms with E-state index < -0.39 is 17.9 Å². The molecule has 3 heterocycles. The minimum atomic E-state index is -0.935. The van der Waals surface area contributed by atoms with Crippen LogP contribution in [0.2, 0.25) is 0 Å². The van der Waals surface area contributed by atoms with Gasteiger partial charge in [0.1, 0.15) is 17.2 Å². The number of fused-ring (bicyclic) bond motifs is 2. The molecule has 1 aromatic carbocycles. The zero-order valence-corrected chi connectivity index (χ0v) is 15.4. The number of imidazole rings is 1. The summed E-state index contributed by atoms with van der Waals surface area (Å²) in [4.78, 5) is 34.0. The molecule has 0 atom stereocenters. The molecule has 1 aliphatic rings. The van der Waals surface area contributed by atoms with Crippen LogP contribution in [0.1, 0.15) is 26.4 Å². The molecule has 3 aromatic rings. The third kappa shape index (κ3) is 2.84. The summed E-state index contributed by atoms with van der Waals surface area (Å²) in [6.07, 6.45) is -0.290. The highest BCUT2D eigenvalue weighted by Gasteiger charge is 2.27. The van der Waals surface area contributed by atoms with Gasteiger partial charge in [-0.1, -0.05) is 0 Å². The van der Waals surface area contributed by atoms with E-state index in [1.54, 1.807) is 0 Å². The number of carboxylic acid groups (broad SMARTS) is 1. The Morgan fingerprint density at radius 2 is 2.19 bits per heavy atom. The Hall–Kier alpha value is -2.94. The highest BCUT2D eigenvalue weighted by molar-refractivity contribution is 7.15. The summed E-state index contributed by atoms with van der Waals surface area (Å²) in [5, 5.41) is 9.22. The highest BCUT2D eigenvalue weighted by Crippen LogP contribution is 2.39. The summed E-state index contributed by atoms with van der Waals surface area (Å²) in [6.45, 7) is 2.77. The summed E-state index contributed by atoms with van der Waals surface area (Å²) >= 11 is 1.47. The SMILES string of the molecule is COC(=O)c1cc(F)cc2[nH]c(-c3sc4c(c3C)CCN(C(=O)O)C4)nc12. The quantitative estimate of drug-likeness (QED) is 0.654. The van der Waals surface area contributed by atoms with Crippen molar-refractivity contribution in [2.75, 3.05) is 13.7 Å². The Kier molecular flexibility index (Phi) is 4.11. The van der Waals surface area contributed by atoms with E-state index in [1.165, 1.54) is 29.4 Å². The number of aromatic nitrogens is 2. The van der Waals surface area contributed by atoms with Crippen LogP contribution < -0.4 is 0 Å². The summed E-state index contributed by atoms with van der Waals surface area (Å²) < 4.78 is 18.6. The first-order valence-corrected chi connectivity index (χ1v) is 9.07. The number of hydrogen-bond donors (Lipinski definition) is 2. The molecule has 0 spiro atoms. The van der Waals surface area contributed by atoms with Gasteiger partial charge in [-0.25, -0.2) is 19.0 Å². The Balaban J connectivity index is 1.82. The molecule has 0 fully saturated rings. The first-order valence-electron chi connectivity index (χ1n) is 8.26. The fourth-order valence-electron chi connectivity index (χ4n) is 3.41. The maximum absolute atomic E-state index is 13.9. The second kappa shape index (κ2) is 6.34. The number of nitrogens with zero attached hydrogens (tertiary/aromatic N) is 2. The fourth-order valence-corrected chi connectivity index (χ4v) is 4.72. The van der Waals surface area contributed by atoms with E-state index in [0.717, 1.165) is 26.9 Å². The normalized spacial score (nSPS) is 13.7. The van der Waals surface area contributed by atoms with Gasteiger partial charge in [-0.15, -0.1) is 11.3 Å². The number of benzene rings is 1. The van der Waals surface area contributed by atoms with Gasteiger partial charge in [-0.3, -0.25) is 0 Å². The van der Waals surface area contributed by atoms with Gasteiger partial charge in [-0.2, -0.15) is 0 Å². The van der Waals surface area contributed by atoms with Crippen LogP contribution in [-0.4, -0.2) is 45.7 Å². The molecule has 2 aromatic heterocycles. The molecule has 1 aliphatic heterocycles. The largest absolute Gasteiger partial charge is 0.465 e. The predicted octanol–water partition coefficient (Wildman–Crippen LogP) is 3.56. The molecule has 0 aliphatic carbocycles. The van der Waals surface area contributed by atoms with E-state index in [4.69, 9.17) is 4.74 Å². The van der Waals surface area contributed by atoms with Gasteiger partial charge in [0.05, 0.1) is 29.6 Å². The van der Waals surface area contributed by atoms with E-state index in [0.29, 0.717) is 36.4 Å². The van der Waals surface area contributed by atoms with Crippen LogP contribution in [0.15, 0.2) is 12.1 Å². The van der Waals surface area contributed by atoms with Crippen LogP contribution in [0.5, 0.6) is 0 Å². The molecule has 140 valence electrons. The number of hydrogen-bond acceptors (Lipinski definition) is 5. The van der Waals surface area contributed by atoms with Crippen molar-refractivity contribution in [1.29, 1.82) is 0 Å². The molecule has 2 N–H and O–H groups in total. The van der Waals surface area contributed by atoms with Crippen LogP contribution in [0, 0.1) is 12.7 Å². The van der Waals surface area contributed by atoms with Gasteiger partial charge in [0.25, 0.3) is 0 Å². The second-order valence-corrected chi connectivity index (χ2v) is 7.44. The van der Waals surface area contributed by atoms with Crippen molar-refractivity contribution in [2.45, 2.75) is 19.9 Å². The average Bonchev–Trinajstić information content (AvgIpc) is 3.20. The molecule has 0 bridgehead atoms. The summed E-state index contributed by atoms with van der Waals surface area (Å²) in [7, 11) is 1.23. The van der Waals surface area contributed by atoms with E-state index in [-0.39, 0.29) is 5.56 Å². The van der Waals surface area contributed by atoms with E-state index in [9.17, 15) is 19.1 Å². The molecule has 7 nitrogen and oxygen atoms in total. The van der Waals surface area contributed by atoms with E-state index in [1.807, 2.05) is 6.92 Å². The minimum Gasteiger partial charge on any atom is -0.465 e. The first-order chi connectivity index (χ1) is 12.9. The lowest BCUT2D eigenvalue weighted by atomic mass is 10.0. The molecule has 0 unspecified atom stereocenters. The van der Waals surface area contributed by atoms with Crippen molar-refractivity contribution in [3.63, 3.8) is 0 Å². The summed E-state index contributed by atoms with van der Waals surface area (Å²) in [5.74, 6) is -0.686. The van der Waals surface area contributed by atoms with Gasteiger partial charge >= 0.3 is 12.1 Å². The van der Waals surface area contributed by atoms with Gasteiger partial charge in [-0.05, 0) is 36.6 Å². The zero-order chi connectivity index (χ0) is 19.3. The van der Waals surface area contributed by atoms with Gasteiger partial charge in [0.2, 0.25) is 0 Å². The Labute approximate surface area is 157 Å². The topological polar surface area (TPSA) is 95.5 Å². The number of carbonyl (C=O) groups excluding carboxylic acids is 1. The Morgan fingerprint density at radius 1 is 1.41 bits per heavy atom. The van der Waals surface area contributed by atoms with E-state index in [2.05, 4.69) is 9.97 Å². The van der Waals surface area contributed by atoms with Crippen molar-refractivity contribution in [3.8, 4) is 10.7 Å². The lowest BCUT2D eigenvalue weighted by Gasteiger charge is -2.24. The highest BCUT2D eigenvalue weighted by atomic mass is 32.1. The summed E-state index contributed by atoms with van der Waals surface area (Å²) in [6, 6.07) is 2.39. The Morgan fingerprint density at radius 3 is 2.89 bits per heavy atom. The molecule has 0 saturated carbocycles. The van der Waals surface area contributed by atoms with Gasteiger partial charge in [0, 0.05) is 11.4 Å². The molecule has 27 heavy (non-hydrogen) atoms. The van der Waals surface area contributed by atoms with Crippen molar-refractivity contribution in [1.82, 2.24) is 14.9 Å². The lowest BCUT2D eigenvalue weighted by Crippen LogP contribution is -2.34. The number of ether oxygens (including phenoxy) is 1. The van der Waals surface area contributed by atoms with Crippen molar-refractivity contribution in [3.05, 3.63) is 39.5 Å². The first kappa shape index (κ1) is 17.5. The number of esters is 1. The number of carbonyl (C=O) groups is 2. The third-order valence-corrected chi connectivity index (χ3v) is 6.09. The molecule has 9 heteroatoms. The lowest BCUT2D eigenvalue weighted by molar-refractivity contribution is 0.0602. The number of methoxy groups -OCH3 is 1. The van der Waals surface area contributed by atoms with Gasteiger partial charge < -0.3 is 19.7 Å². The van der Waals surface area contributed by atoms with E-state index >= 15 is 0 Å². The smallest absolute Gasteiger partial charge is 0.407 e. The molecule has 4 rings (SSSR count). The second-order valence-electron chi connectivity index (χ2n) is 6.34. The number of aromatic amines is 1. The number of thiophene rings is 1. The van der Waals surface area contributed by atoms with Crippen LogP contribution in [-0.2, 0) is 17.7 Å². The molecule has 0 saturated heterocycles. The predicted molar refractivity (Wildman–Crippen MR) is 97.6 cm³/mol. The van der Waals surface area contributed by atoms with Crippen LogP contribution in [0.4, 0.5) is 9.18 Å². The zero-order valence-electron chi connectivity index (χ0n) is 14.6. The van der Waals surface area contributed by atoms with Crippen molar-refractivity contribution < 1.29 is 23.8 Å². The number of amides is 1. The van der Waals surface area contributed by atoms with Crippen molar-refractivity contribution in [2.24, 2.45) is 0 Å². The molecular weight excluding hydrogens is 373 g/mol. The van der Waals surface area contributed by atoms with Gasteiger partial charge in [0.15, 0.2) is 0 Å². The molecule has 0 radical (unpaired) electrons. The summed E-state index contributed by atoms with van der Waals surface area (Å²) in [5.41, 5.74) is 2.97. The number of nitrogens with one attached hydrogen (secondary N) is 1. The molecular formula is C18H16FN3O4S. The maximum Gasteiger partial charge on any atom is 0.407 e.